The molecule has 0 fully saturated rings. The van der Waals surface area contributed by atoms with E-state index in [0.29, 0.717) is 0 Å². The molecule has 0 saturated heterocycles. The maximum absolute atomic E-state index is 6.90. The summed E-state index contributed by atoms with van der Waals surface area (Å²) in [4.78, 5) is 2.46. The van der Waals surface area contributed by atoms with Gasteiger partial charge in [0.1, 0.15) is 11.5 Å². The highest BCUT2D eigenvalue weighted by molar-refractivity contribution is 7.33. The normalized spacial score (nSPS) is 13.9. The van der Waals surface area contributed by atoms with E-state index in [2.05, 4.69) is 254 Å². The summed E-state index contributed by atoms with van der Waals surface area (Å²) < 4.78 is 9.55. The van der Waals surface area contributed by atoms with Crippen LogP contribution in [0.2, 0.25) is 0 Å². The van der Waals surface area contributed by atoms with Crippen LogP contribution in [-0.2, 0) is 0 Å². The molecule has 0 amide bonds. The molecule has 2 aliphatic rings. The molecule has 2 nitrogen and oxygen atoms in total. The Morgan fingerprint density at radius 1 is 0.338 bits per heavy atom. The van der Waals surface area contributed by atoms with E-state index in [4.69, 9.17) is 4.74 Å². The molecule has 0 unspecified atom stereocenters. The number of benzene rings is 10. The van der Waals surface area contributed by atoms with E-state index in [1.165, 1.54) is 72.8 Å². The van der Waals surface area contributed by atoms with Crippen LogP contribution in [0.1, 0.15) is 0 Å². The predicted octanol–water partition coefficient (Wildman–Crippen LogP) is 10.4. The summed E-state index contributed by atoms with van der Waals surface area (Å²) in [6, 6.07) is 93.1. The Kier molecular flexibility index (Phi) is 8.78. The fourth-order valence-corrected chi connectivity index (χ4v) is 24.8. The number of thiophene rings is 1. The molecule has 65 heavy (non-hydrogen) atoms. The highest BCUT2D eigenvalue weighted by atomic mass is 32.1. The third-order valence-electron chi connectivity index (χ3n) is 13.9. The van der Waals surface area contributed by atoms with Crippen LogP contribution >= 0.6 is 11.3 Å². The lowest BCUT2D eigenvalue weighted by Gasteiger charge is -2.50. The Morgan fingerprint density at radius 2 is 0.831 bits per heavy atom. The first-order valence-corrected chi connectivity index (χ1v) is 27.1. The standard InChI is InChI=1S/C60H41NOSSi2/c1-4-19-43(20-5-1)61(44-37-35-42(36-38-44)48-26-18-27-50-49-25-10-13-30-53(49)63-60(48)50)45-39-40-58-59(41-45)65(54-31-14-11-28-51(54)62-52-29-12-15-32-55(52)65)57-34-17-16-33-56(57)64(58,46-21-6-2-7-22-46)47-23-8-3-9-24-47/h1-41H. The Morgan fingerprint density at radius 3 is 1.49 bits per heavy atom. The first-order valence-electron chi connectivity index (χ1n) is 22.3. The van der Waals surface area contributed by atoms with E-state index in [0.717, 1.165) is 28.6 Å². The lowest BCUT2D eigenvalue weighted by Crippen LogP contribution is -2.93. The second-order valence-corrected chi connectivity index (χ2v) is 25.5. The number of hydrogen-bond donors (Lipinski definition) is 0. The van der Waals surface area contributed by atoms with Gasteiger partial charge in [0.25, 0.3) is 0 Å². The van der Waals surface area contributed by atoms with Gasteiger partial charge < -0.3 is 9.64 Å². The van der Waals surface area contributed by atoms with E-state index in [9.17, 15) is 0 Å². The monoisotopic (exact) mass is 879 g/mol. The fraction of sp³-hybridized carbons (Fsp3) is 0. The van der Waals surface area contributed by atoms with Gasteiger partial charge in [0, 0.05) is 37.2 Å². The van der Waals surface area contributed by atoms with E-state index >= 15 is 0 Å². The van der Waals surface area contributed by atoms with Gasteiger partial charge >= 0.3 is 0 Å². The highest BCUT2D eigenvalue weighted by Gasteiger charge is 2.59. The summed E-state index contributed by atoms with van der Waals surface area (Å²) in [5, 5.41) is 13.7. The first-order chi connectivity index (χ1) is 32.2. The van der Waals surface area contributed by atoms with Crippen LogP contribution in [0, 0.1) is 0 Å². The minimum Gasteiger partial charge on any atom is -0.458 e. The molecule has 13 rings (SSSR count). The number of anilines is 3. The molecule has 3 heterocycles. The Hall–Kier alpha value is -7.55. The molecule has 0 bridgehead atoms. The quantitative estimate of drug-likeness (QED) is 0.154. The number of para-hydroxylation sites is 3. The third-order valence-corrected chi connectivity index (χ3v) is 25.4. The van der Waals surface area contributed by atoms with Crippen LogP contribution in [0.3, 0.4) is 0 Å². The van der Waals surface area contributed by atoms with Crippen LogP contribution in [0.5, 0.6) is 11.5 Å². The van der Waals surface area contributed by atoms with Crippen molar-refractivity contribution >= 4 is 106 Å². The third kappa shape index (κ3) is 5.56. The maximum Gasteiger partial charge on any atom is 0.188 e. The van der Waals surface area contributed by atoms with E-state index in [1.807, 2.05) is 11.3 Å². The van der Waals surface area contributed by atoms with Crippen LogP contribution in [0.25, 0.3) is 31.3 Å². The number of nitrogens with zero attached hydrogens (tertiary/aromatic N) is 1. The molecule has 10 aromatic carbocycles. The van der Waals surface area contributed by atoms with Gasteiger partial charge in [-0.05, 0) is 107 Å². The van der Waals surface area contributed by atoms with Crippen LogP contribution in [0.15, 0.2) is 249 Å². The Bertz CT molecular complexity index is 3500. The van der Waals surface area contributed by atoms with Gasteiger partial charge in [-0.1, -0.05) is 194 Å². The minimum atomic E-state index is -3.10. The van der Waals surface area contributed by atoms with Gasteiger partial charge in [-0.15, -0.1) is 11.3 Å². The van der Waals surface area contributed by atoms with Crippen molar-refractivity contribution in [3.63, 3.8) is 0 Å². The van der Waals surface area contributed by atoms with Crippen molar-refractivity contribution in [1.82, 2.24) is 0 Å². The highest BCUT2D eigenvalue weighted by Crippen LogP contribution is 2.42. The first kappa shape index (κ1) is 38.0. The molecule has 2 aliphatic heterocycles. The molecule has 0 saturated carbocycles. The van der Waals surface area contributed by atoms with Crippen molar-refractivity contribution in [3.05, 3.63) is 249 Å². The van der Waals surface area contributed by atoms with Crippen molar-refractivity contribution in [2.45, 2.75) is 0 Å². The summed E-state index contributed by atoms with van der Waals surface area (Å²) in [6.45, 7) is 0. The van der Waals surface area contributed by atoms with Crippen molar-refractivity contribution in [2.75, 3.05) is 4.90 Å². The SMILES string of the molecule is c1ccc(N(c2ccc(-c3cccc4c3sc3ccccc34)cc2)c2ccc3c(c2)[Si]2(c4ccccc4Oc4ccccc42)c2ccccc2[Si]3(c2ccccc2)c2ccccc2)cc1. The molecule has 0 atom stereocenters. The van der Waals surface area contributed by atoms with Gasteiger partial charge in [-0.25, -0.2) is 0 Å². The summed E-state index contributed by atoms with van der Waals surface area (Å²) in [7, 11) is -6.04. The average molecular weight is 880 g/mol. The molecule has 0 N–H and O–H groups in total. The maximum atomic E-state index is 6.90. The van der Waals surface area contributed by atoms with Gasteiger partial charge in [0.15, 0.2) is 16.1 Å². The van der Waals surface area contributed by atoms with Crippen LogP contribution in [-0.4, -0.2) is 16.1 Å². The van der Waals surface area contributed by atoms with E-state index < -0.39 is 16.1 Å². The van der Waals surface area contributed by atoms with Crippen molar-refractivity contribution < 1.29 is 4.74 Å². The average Bonchev–Trinajstić information content (AvgIpc) is 3.77. The molecule has 0 aliphatic carbocycles. The zero-order valence-electron chi connectivity index (χ0n) is 35.4. The lowest BCUT2D eigenvalue weighted by atomic mass is 10.0. The second kappa shape index (κ2) is 15.0. The fourth-order valence-electron chi connectivity index (χ4n) is 11.3. The molecular weight excluding hydrogens is 839 g/mol. The minimum absolute atomic E-state index is 0.946. The largest absolute Gasteiger partial charge is 0.458 e. The van der Waals surface area contributed by atoms with E-state index in [-0.39, 0.29) is 0 Å². The van der Waals surface area contributed by atoms with Crippen LogP contribution < -0.4 is 51.1 Å². The van der Waals surface area contributed by atoms with Crippen molar-refractivity contribution in [2.24, 2.45) is 0 Å². The van der Waals surface area contributed by atoms with E-state index in [1.54, 1.807) is 0 Å². The number of fused-ring (bicyclic) bond motifs is 11. The summed E-state index contributed by atoms with van der Waals surface area (Å²) in [5.41, 5.74) is 5.83. The van der Waals surface area contributed by atoms with Gasteiger partial charge in [-0.2, -0.15) is 0 Å². The Labute approximate surface area is 385 Å². The summed E-state index contributed by atoms with van der Waals surface area (Å²) >= 11 is 1.88. The summed E-state index contributed by atoms with van der Waals surface area (Å²) in [5.74, 6) is 1.89. The number of ether oxygens (including phenoxy) is 1. The smallest absolute Gasteiger partial charge is 0.188 e. The lowest BCUT2D eigenvalue weighted by molar-refractivity contribution is 0.487. The zero-order chi connectivity index (χ0) is 43.0. The molecular formula is C60H41NOSSi2. The molecule has 1 aromatic heterocycles. The van der Waals surface area contributed by atoms with Crippen LogP contribution in [0.4, 0.5) is 17.1 Å². The molecule has 1 spiro atoms. The molecule has 11 aromatic rings. The zero-order valence-corrected chi connectivity index (χ0v) is 38.3. The van der Waals surface area contributed by atoms with Gasteiger partial charge in [0.2, 0.25) is 0 Å². The van der Waals surface area contributed by atoms with Crippen molar-refractivity contribution in [3.8, 4) is 22.6 Å². The topological polar surface area (TPSA) is 12.5 Å². The molecule has 0 radical (unpaired) electrons. The second-order valence-electron chi connectivity index (χ2n) is 17.1. The van der Waals surface area contributed by atoms with Crippen molar-refractivity contribution in [1.29, 1.82) is 0 Å². The number of hydrogen-bond acceptors (Lipinski definition) is 3. The van der Waals surface area contributed by atoms with Gasteiger partial charge in [-0.3, -0.25) is 0 Å². The molecule has 5 heteroatoms. The summed E-state index contributed by atoms with van der Waals surface area (Å²) in [6.07, 6.45) is 0. The van der Waals surface area contributed by atoms with Gasteiger partial charge in [0.05, 0.1) is 0 Å². The molecule has 306 valence electrons. The number of rotatable bonds is 6. The predicted molar refractivity (Wildman–Crippen MR) is 280 cm³/mol. The Balaban J connectivity index is 1.10.